The molecule has 0 fully saturated rings. The molecule has 1 aromatic rings. The molecule has 1 unspecified atom stereocenters. The molecule has 0 saturated carbocycles. The first kappa shape index (κ1) is 35.7. The number of hydrogen-bond donors (Lipinski definition) is 1. The van der Waals surface area contributed by atoms with E-state index in [9.17, 15) is 4.39 Å². The molecule has 1 atom stereocenters. The fraction of sp³-hybridized carbons (Fsp3) is 0. The molecule has 10 heteroatoms. The number of nitrogens with zero attached hydrogens (tertiary/aromatic N) is 3. The van der Waals surface area contributed by atoms with Crippen LogP contribution in [0.25, 0.3) is 0 Å². The molecule has 0 spiro atoms. The Morgan fingerprint density at radius 1 is 1.12 bits per heavy atom. The summed E-state index contributed by atoms with van der Waals surface area (Å²) < 4.78 is 12.1. The zero-order chi connectivity index (χ0) is 7.68. The van der Waals surface area contributed by atoms with Crippen LogP contribution in [0, 0.1) is 14.2 Å². The van der Waals surface area contributed by atoms with Crippen LogP contribution in [-0.2, 0) is 0 Å². The van der Waals surface area contributed by atoms with Gasteiger partial charge in [0.1, 0.15) is 6.33 Å². The molecule has 0 aromatic carbocycles. The monoisotopic (exact) mass is 592 g/mol. The summed E-state index contributed by atoms with van der Waals surface area (Å²) in [5, 5.41) is 0. The average Bonchev–Trinajstić information content (AvgIpc) is 2.47. The van der Waals surface area contributed by atoms with Crippen LogP contribution >= 0.6 is 0 Å². The van der Waals surface area contributed by atoms with E-state index in [2.05, 4.69) is 15.0 Å². The molecule has 0 radical (unpaired) electrons. The van der Waals surface area contributed by atoms with Crippen molar-refractivity contribution in [2.24, 2.45) is 4.99 Å². The van der Waals surface area contributed by atoms with Crippen molar-refractivity contribution in [2.75, 3.05) is 0 Å². The van der Waals surface area contributed by atoms with Crippen LogP contribution in [0.5, 0.6) is 0 Å². The molecule has 0 amide bonds. The van der Waals surface area contributed by atoms with Crippen LogP contribution in [0.15, 0.2) is 17.5 Å². The van der Waals surface area contributed by atoms with E-state index in [-0.39, 0.29) is 298 Å². The largest absolute Gasteiger partial charge is 1.00 e. The molecular formula is C7H8FN4Rb5+4. The van der Waals surface area contributed by atoms with Gasteiger partial charge < -0.3 is 16.7 Å². The van der Waals surface area contributed by atoms with E-state index < -0.39 is 0 Å². The molecule has 64 valence electrons. The van der Waals surface area contributed by atoms with Crippen molar-refractivity contribution < 1.29 is 300 Å². The Kier molecular flexibility index (Phi) is 45.6. The summed E-state index contributed by atoms with van der Waals surface area (Å²) in [7, 11) is 0. The quantitative estimate of drug-likeness (QED) is 0.260. The summed E-state index contributed by atoms with van der Waals surface area (Å²) in [4.78, 5) is 11.9. The molecule has 2 heterocycles. The summed E-state index contributed by atoms with van der Waals surface area (Å²) >= 11 is 0. The van der Waals surface area contributed by atoms with Gasteiger partial charge in [0.15, 0.2) is 12.0 Å². The van der Waals surface area contributed by atoms with Crippen molar-refractivity contribution in [1.29, 1.82) is 0 Å². The van der Waals surface area contributed by atoms with Gasteiger partial charge in [-0.3, -0.25) is 0 Å². The summed E-state index contributed by atoms with van der Waals surface area (Å²) in [5.41, 5.74) is 0.622. The molecule has 1 aromatic heterocycles. The minimum absolute atomic E-state index is 0. The van der Waals surface area contributed by atoms with Crippen molar-refractivity contribution >= 4 is 17.8 Å². The van der Waals surface area contributed by atoms with Gasteiger partial charge in [-0.05, 0) is 0 Å². The summed E-state index contributed by atoms with van der Waals surface area (Å²) in [5.74, 6) is 0.558. The van der Waals surface area contributed by atoms with Gasteiger partial charge in [0.05, 0.1) is 6.20 Å². The van der Waals surface area contributed by atoms with Gasteiger partial charge in [0, 0.05) is 6.80 Å². The first-order valence-corrected chi connectivity index (χ1v) is 3.06. The van der Waals surface area contributed by atoms with Crippen LogP contribution in [0.4, 0.5) is 15.9 Å². The third-order valence-corrected chi connectivity index (χ3v) is 1.43. The van der Waals surface area contributed by atoms with E-state index in [1.807, 2.05) is 0 Å². The molecule has 0 saturated heterocycles. The summed E-state index contributed by atoms with van der Waals surface area (Å²) in [6, 6.07) is 0. The molecule has 1 aliphatic heterocycles. The molecule has 0 aliphatic carbocycles. The average molecular weight is 595 g/mol. The van der Waals surface area contributed by atoms with E-state index in [0.29, 0.717) is 23.2 Å². The van der Waals surface area contributed by atoms with Crippen molar-refractivity contribution in [3.8, 4) is 0 Å². The number of aliphatic imine (C=N–C) groups is 1. The van der Waals surface area contributed by atoms with E-state index >= 15 is 0 Å². The SMILES string of the molecule is F[CH-][NH+]1C=Nc2cncnc21.[CH3-].[Rb+].[Rb+].[Rb+].[Rb+].[Rb+]. The maximum atomic E-state index is 12.1. The van der Waals surface area contributed by atoms with Crippen LogP contribution < -0.4 is 296 Å². The first-order valence-electron chi connectivity index (χ1n) is 3.06. The van der Waals surface area contributed by atoms with Crippen molar-refractivity contribution in [2.45, 2.75) is 0 Å². The Bertz CT molecular complexity index is 314. The van der Waals surface area contributed by atoms with Crippen molar-refractivity contribution in [1.82, 2.24) is 9.97 Å². The maximum Gasteiger partial charge on any atom is 1.00 e. The Hall–Kier alpha value is 7.67. The van der Waals surface area contributed by atoms with Gasteiger partial charge >= 0.3 is 291 Å². The number of halogens is 1. The number of rotatable bonds is 1. The number of fused-ring (bicyclic) bond motifs is 1. The van der Waals surface area contributed by atoms with Gasteiger partial charge in [-0.15, -0.1) is 0 Å². The second-order valence-corrected chi connectivity index (χ2v) is 2.08. The second-order valence-electron chi connectivity index (χ2n) is 2.08. The van der Waals surface area contributed by atoms with Crippen LogP contribution in [-0.4, -0.2) is 16.3 Å². The third kappa shape index (κ3) is 12.6. The van der Waals surface area contributed by atoms with Crippen molar-refractivity contribution in [3.63, 3.8) is 0 Å². The smallest absolute Gasteiger partial charge is 0.392 e. The summed E-state index contributed by atoms with van der Waals surface area (Å²) in [6.07, 6.45) is 4.35. The molecule has 4 nitrogen and oxygen atoms in total. The number of hydrogen-bond acceptors (Lipinski definition) is 3. The second kappa shape index (κ2) is 21.7. The van der Waals surface area contributed by atoms with E-state index in [4.69, 9.17) is 0 Å². The van der Waals surface area contributed by atoms with E-state index in [1.165, 1.54) is 12.7 Å². The Balaban J connectivity index is -0.0000000800. The van der Waals surface area contributed by atoms with Crippen LogP contribution in [0.3, 0.4) is 0 Å². The zero-order valence-electron chi connectivity index (χ0n) is 11.5. The molecule has 2 rings (SSSR count). The van der Waals surface area contributed by atoms with E-state index in [1.54, 1.807) is 6.20 Å². The Labute approximate surface area is 346 Å². The molecule has 1 N–H and O–H groups in total. The minimum atomic E-state index is 0. The zero-order valence-corrected chi connectivity index (χ0v) is 36.1. The number of quaternary nitrogens is 1. The standard InChI is InChI=1S/C6H5FN4.CH3.5Rb/c7-2-11-4-10-5-1-8-3-9-6(5)11;;;;;;/h1-4,11H;1H3;;;;;/q;-1;5*+1. The number of aromatic nitrogens is 2. The van der Waals surface area contributed by atoms with Crippen molar-refractivity contribution in [3.05, 3.63) is 26.7 Å². The molecule has 0 bridgehead atoms. The molecular weight excluding hydrogens is 586 g/mol. The Morgan fingerprint density at radius 3 is 2.24 bits per heavy atom. The fourth-order valence-electron chi connectivity index (χ4n) is 0.919. The summed E-state index contributed by atoms with van der Waals surface area (Å²) in [6.45, 7) is 0.488. The third-order valence-electron chi connectivity index (χ3n) is 1.43. The first-order chi connectivity index (χ1) is 5.42. The number of nitrogens with one attached hydrogen (secondary N) is 1. The van der Waals surface area contributed by atoms with Crippen LogP contribution in [0.2, 0.25) is 0 Å². The Morgan fingerprint density at radius 2 is 1.71 bits per heavy atom. The molecule has 1 aliphatic rings. The van der Waals surface area contributed by atoms with Gasteiger partial charge in [-0.2, -0.15) is 9.98 Å². The predicted molar refractivity (Wildman–Crippen MR) is 42.6 cm³/mol. The van der Waals surface area contributed by atoms with Gasteiger partial charge in [-0.1, -0.05) is 0 Å². The topological polar surface area (TPSA) is 42.6 Å². The van der Waals surface area contributed by atoms with E-state index in [0.717, 1.165) is 0 Å². The molecule has 17 heavy (non-hydrogen) atoms. The van der Waals surface area contributed by atoms with Gasteiger partial charge in [0.2, 0.25) is 5.82 Å². The van der Waals surface area contributed by atoms with Gasteiger partial charge in [0.25, 0.3) is 0 Å². The minimum Gasteiger partial charge on any atom is -0.392 e. The fourth-order valence-corrected chi connectivity index (χ4v) is 0.919. The maximum absolute atomic E-state index is 12.1. The van der Waals surface area contributed by atoms with Gasteiger partial charge in [-0.25, -0.2) is 4.98 Å². The normalized spacial score (nSPS) is 13.1. The predicted octanol–water partition coefficient (Wildman–Crippen LogP) is -14.8. The van der Waals surface area contributed by atoms with Crippen LogP contribution in [0.1, 0.15) is 0 Å².